The molecule has 4 nitrogen and oxygen atoms in total. The number of alkyl halides is 3. The normalized spacial score (nSPS) is 11.5. The van der Waals surface area contributed by atoms with Gasteiger partial charge < -0.3 is 5.32 Å². The Balaban J connectivity index is 1.79. The molecule has 0 radical (unpaired) electrons. The molecule has 3 rings (SSSR count). The second kappa shape index (κ2) is 8.02. The lowest BCUT2D eigenvalue weighted by molar-refractivity contribution is -0.143. The highest BCUT2D eigenvalue weighted by molar-refractivity contribution is 6.30. The molecule has 0 unspecified atom stereocenters. The van der Waals surface area contributed by atoms with Crippen molar-refractivity contribution in [2.45, 2.75) is 12.6 Å². The number of halogens is 5. The Labute approximate surface area is 162 Å². The summed E-state index contributed by atoms with van der Waals surface area (Å²) in [6.07, 6.45) is -3.57. The molecule has 0 bridgehead atoms. The molecule has 28 heavy (non-hydrogen) atoms. The molecule has 3 aromatic rings. The third-order valence-corrected chi connectivity index (χ3v) is 4.22. The fraction of sp³-hybridized carbons (Fsp3) is 0.158. The first-order chi connectivity index (χ1) is 13.3. The largest absolute Gasteiger partial charge is 0.434 e. The van der Waals surface area contributed by atoms with Gasteiger partial charge in [-0.05, 0) is 48.4 Å². The van der Waals surface area contributed by atoms with Crippen LogP contribution in [0.5, 0.6) is 0 Å². The molecular formula is C19H14ClF4N3O. The Bertz CT molecular complexity index is 966. The summed E-state index contributed by atoms with van der Waals surface area (Å²) < 4.78 is 54.3. The lowest BCUT2D eigenvalue weighted by atomic mass is 10.1. The third-order valence-electron chi connectivity index (χ3n) is 3.97. The van der Waals surface area contributed by atoms with Crippen molar-refractivity contribution in [3.05, 3.63) is 82.4 Å². The van der Waals surface area contributed by atoms with Gasteiger partial charge in [0.25, 0.3) is 5.91 Å². The predicted molar refractivity (Wildman–Crippen MR) is 96.0 cm³/mol. The Kier molecular flexibility index (Phi) is 5.69. The number of carbonyl (C=O) groups excluding carboxylic acids is 1. The lowest BCUT2D eigenvalue weighted by Crippen LogP contribution is -2.28. The van der Waals surface area contributed by atoms with E-state index in [0.29, 0.717) is 16.1 Å². The summed E-state index contributed by atoms with van der Waals surface area (Å²) in [6, 6.07) is 11.2. The van der Waals surface area contributed by atoms with Gasteiger partial charge in [-0.3, -0.25) is 4.79 Å². The third kappa shape index (κ3) is 4.51. The van der Waals surface area contributed by atoms with E-state index >= 15 is 0 Å². The number of hydrogen-bond acceptors (Lipinski definition) is 2. The van der Waals surface area contributed by atoms with Crippen LogP contribution < -0.4 is 5.32 Å². The van der Waals surface area contributed by atoms with Gasteiger partial charge in [-0.2, -0.15) is 18.3 Å². The van der Waals surface area contributed by atoms with Gasteiger partial charge in [0, 0.05) is 11.6 Å². The number of carbonyl (C=O) groups is 1. The van der Waals surface area contributed by atoms with E-state index in [9.17, 15) is 22.4 Å². The molecule has 9 heteroatoms. The lowest BCUT2D eigenvalue weighted by Gasteiger charge is -2.13. The van der Waals surface area contributed by atoms with E-state index < -0.39 is 29.2 Å². The predicted octanol–water partition coefficient (Wildman–Crippen LogP) is 4.66. The van der Waals surface area contributed by atoms with E-state index in [4.69, 9.17) is 11.6 Å². The van der Waals surface area contributed by atoms with Crippen molar-refractivity contribution in [1.29, 1.82) is 0 Å². The highest BCUT2D eigenvalue weighted by atomic mass is 35.5. The van der Waals surface area contributed by atoms with E-state index in [1.54, 1.807) is 12.1 Å². The SMILES string of the molecule is O=C(NCCc1ccc(F)cc1)c1cnn(-c2ccc(Cl)cc2)c1C(F)(F)F. The number of aromatic nitrogens is 2. The molecule has 0 saturated heterocycles. The number of hydrogen-bond donors (Lipinski definition) is 1. The van der Waals surface area contributed by atoms with Crippen LogP contribution in [0.2, 0.25) is 5.02 Å². The molecule has 0 aliphatic carbocycles. The van der Waals surface area contributed by atoms with Crippen LogP contribution in [0.3, 0.4) is 0 Å². The van der Waals surface area contributed by atoms with Crippen LogP contribution in [0.15, 0.2) is 54.7 Å². The summed E-state index contributed by atoms with van der Waals surface area (Å²) in [5.41, 5.74) is -0.882. The van der Waals surface area contributed by atoms with Crippen LogP contribution >= 0.6 is 11.6 Å². The van der Waals surface area contributed by atoms with Crippen molar-refractivity contribution in [2.24, 2.45) is 0 Å². The average Bonchev–Trinajstić information content (AvgIpc) is 3.09. The molecular weight excluding hydrogens is 398 g/mol. The molecule has 1 amide bonds. The van der Waals surface area contributed by atoms with Gasteiger partial charge in [0.1, 0.15) is 5.82 Å². The van der Waals surface area contributed by atoms with Crippen molar-refractivity contribution >= 4 is 17.5 Å². The summed E-state index contributed by atoms with van der Waals surface area (Å²) in [7, 11) is 0. The van der Waals surface area contributed by atoms with E-state index in [0.717, 1.165) is 11.8 Å². The minimum Gasteiger partial charge on any atom is -0.352 e. The zero-order valence-corrected chi connectivity index (χ0v) is 15.1. The van der Waals surface area contributed by atoms with Crippen molar-refractivity contribution in [2.75, 3.05) is 6.54 Å². The highest BCUT2D eigenvalue weighted by Gasteiger charge is 2.40. The van der Waals surface area contributed by atoms with Gasteiger partial charge in [-0.25, -0.2) is 9.07 Å². The average molecular weight is 412 g/mol. The molecule has 0 saturated carbocycles. The fourth-order valence-electron chi connectivity index (χ4n) is 2.63. The van der Waals surface area contributed by atoms with Crippen LogP contribution in [0, 0.1) is 5.82 Å². The first-order valence-corrected chi connectivity index (χ1v) is 8.57. The molecule has 0 atom stereocenters. The van der Waals surface area contributed by atoms with Crippen LogP contribution in [-0.2, 0) is 12.6 Å². The molecule has 1 aromatic heterocycles. The zero-order chi connectivity index (χ0) is 20.3. The standard InChI is InChI=1S/C19H14ClF4N3O/c20-13-3-7-15(8-4-13)27-17(19(22,23)24)16(11-26-27)18(28)25-10-9-12-1-5-14(21)6-2-12/h1-8,11H,9-10H2,(H,25,28). The van der Waals surface area contributed by atoms with Crippen LogP contribution in [0.25, 0.3) is 5.69 Å². The van der Waals surface area contributed by atoms with E-state index in [2.05, 4.69) is 10.4 Å². The number of amides is 1. The van der Waals surface area contributed by atoms with Crippen molar-refractivity contribution < 1.29 is 22.4 Å². The first-order valence-electron chi connectivity index (χ1n) is 8.19. The highest BCUT2D eigenvalue weighted by Crippen LogP contribution is 2.33. The van der Waals surface area contributed by atoms with Crippen molar-refractivity contribution in [1.82, 2.24) is 15.1 Å². The quantitative estimate of drug-likeness (QED) is 0.621. The molecule has 0 fully saturated rings. The van der Waals surface area contributed by atoms with Crippen LogP contribution in [-0.4, -0.2) is 22.2 Å². The number of nitrogens with one attached hydrogen (secondary N) is 1. The van der Waals surface area contributed by atoms with Gasteiger partial charge in [-0.1, -0.05) is 23.7 Å². The van der Waals surface area contributed by atoms with Gasteiger partial charge in [-0.15, -0.1) is 0 Å². The van der Waals surface area contributed by atoms with Gasteiger partial charge >= 0.3 is 6.18 Å². The van der Waals surface area contributed by atoms with Crippen molar-refractivity contribution in [3.8, 4) is 5.69 Å². The Morgan fingerprint density at radius 1 is 1.07 bits per heavy atom. The molecule has 2 aromatic carbocycles. The van der Waals surface area contributed by atoms with E-state index in [-0.39, 0.29) is 12.2 Å². The molecule has 146 valence electrons. The van der Waals surface area contributed by atoms with Gasteiger partial charge in [0.05, 0.1) is 17.4 Å². The Hall–Kier alpha value is -2.87. The van der Waals surface area contributed by atoms with Gasteiger partial charge in [0.2, 0.25) is 0 Å². The summed E-state index contributed by atoms with van der Waals surface area (Å²) in [5.74, 6) is -1.29. The number of nitrogens with zero attached hydrogens (tertiary/aromatic N) is 2. The monoisotopic (exact) mass is 411 g/mol. The minimum absolute atomic E-state index is 0.0912. The minimum atomic E-state index is -4.79. The molecule has 0 spiro atoms. The van der Waals surface area contributed by atoms with Crippen LogP contribution in [0.1, 0.15) is 21.6 Å². The second-order valence-electron chi connectivity index (χ2n) is 5.93. The molecule has 1 N–H and O–H groups in total. The number of benzene rings is 2. The molecule has 0 aliphatic heterocycles. The number of rotatable bonds is 5. The van der Waals surface area contributed by atoms with E-state index in [1.807, 2.05) is 0 Å². The zero-order valence-electron chi connectivity index (χ0n) is 14.3. The van der Waals surface area contributed by atoms with Crippen LogP contribution in [0.4, 0.5) is 17.6 Å². The Morgan fingerprint density at radius 3 is 2.32 bits per heavy atom. The maximum atomic E-state index is 13.6. The summed E-state index contributed by atoms with van der Waals surface area (Å²) in [4.78, 5) is 12.3. The second-order valence-corrected chi connectivity index (χ2v) is 6.36. The van der Waals surface area contributed by atoms with Gasteiger partial charge in [0.15, 0.2) is 5.69 Å². The first kappa shape index (κ1) is 19.9. The summed E-state index contributed by atoms with van der Waals surface area (Å²) in [6.45, 7) is 0.0912. The smallest absolute Gasteiger partial charge is 0.352 e. The fourth-order valence-corrected chi connectivity index (χ4v) is 2.76. The topological polar surface area (TPSA) is 46.9 Å². The summed E-state index contributed by atoms with van der Waals surface area (Å²) >= 11 is 5.76. The van der Waals surface area contributed by atoms with E-state index in [1.165, 1.54) is 36.4 Å². The Morgan fingerprint density at radius 2 is 1.71 bits per heavy atom. The molecule has 0 aliphatic rings. The summed E-state index contributed by atoms with van der Waals surface area (Å²) in [5, 5.41) is 6.54. The maximum Gasteiger partial charge on any atom is 0.434 e. The van der Waals surface area contributed by atoms with Crippen molar-refractivity contribution in [3.63, 3.8) is 0 Å². The maximum absolute atomic E-state index is 13.6. The molecule has 1 heterocycles.